The number of methoxy groups -OCH3 is 1. The molecule has 1 aliphatic carbocycles. The van der Waals surface area contributed by atoms with E-state index in [0.29, 0.717) is 0 Å². The van der Waals surface area contributed by atoms with Crippen molar-refractivity contribution < 1.29 is 22.7 Å². The molecule has 1 aromatic rings. The maximum absolute atomic E-state index is 12.3. The van der Waals surface area contributed by atoms with Crippen molar-refractivity contribution in [2.24, 2.45) is 0 Å². The van der Waals surface area contributed by atoms with Gasteiger partial charge in [0, 0.05) is 13.1 Å². The zero-order chi connectivity index (χ0) is 16.3. The molecule has 1 amide bonds. The normalized spacial score (nSPS) is 14.7. The molecule has 0 unspecified atom stereocenters. The third-order valence-corrected chi connectivity index (χ3v) is 5.11. The molecule has 7 nitrogen and oxygen atoms in total. The van der Waals surface area contributed by atoms with Gasteiger partial charge in [-0.3, -0.25) is 4.79 Å². The Kier molecular flexibility index (Phi) is 4.82. The molecule has 8 heteroatoms. The number of hydrogen-bond acceptors (Lipinski definition) is 5. The lowest BCUT2D eigenvalue weighted by Crippen LogP contribution is -2.39. The largest absolute Gasteiger partial charge is 0.465 e. The van der Waals surface area contributed by atoms with Crippen LogP contribution in [0.2, 0.25) is 0 Å². The average Bonchev–Trinajstić information content (AvgIpc) is 3.30. The molecule has 0 aromatic heterocycles. The summed E-state index contributed by atoms with van der Waals surface area (Å²) in [6.45, 7) is -0.239. The first-order valence-corrected chi connectivity index (χ1v) is 8.22. The van der Waals surface area contributed by atoms with Gasteiger partial charge in [-0.25, -0.2) is 13.2 Å². The topological polar surface area (TPSA) is 92.8 Å². The molecule has 0 radical (unpaired) electrons. The van der Waals surface area contributed by atoms with Crippen molar-refractivity contribution in [1.29, 1.82) is 0 Å². The van der Waals surface area contributed by atoms with Crippen molar-refractivity contribution in [3.05, 3.63) is 29.8 Å². The van der Waals surface area contributed by atoms with Crippen LogP contribution in [-0.2, 0) is 19.6 Å². The quantitative estimate of drug-likeness (QED) is 0.763. The first-order chi connectivity index (χ1) is 10.3. The highest BCUT2D eigenvalue weighted by molar-refractivity contribution is 7.89. The first-order valence-electron chi connectivity index (χ1n) is 6.78. The van der Waals surface area contributed by atoms with E-state index in [9.17, 15) is 18.0 Å². The van der Waals surface area contributed by atoms with E-state index >= 15 is 0 Å². The molecule has 0 aliphatic heterocycles. The van der Waals surface area contributed by atoms with Crippen LogP contribution in [0.1, 0.15) is 23.2 Å². The highest BCUT2D eigenvalue weighted by atomic mass is 32.2. The summed E-state index contributed by atoms with van der Waals surface area (Å²) in [5.41, 5.74) is 0.260. The molecule has 2 rings (SSSR count). The zero-order valence-corrected chi connectivity index (χ0v) is 13.2. The fourth-order valence-electron chi connectivity index (χ4n) is 1.85. The van der Waals surface area contributed by atoms with Crippen LogP contribution in [0.4, 0.5) is 0 Å². The molecule has 1 saturated carbocycles. The number of amides is 1. The summed E-state index contributed by atoms with van der Waals surface area (Å²) < 4.78 is 30.2. The smallest absolute Gasteiger partial charge is 0.337 e. The van der Waals surface area contributed by atoms with Crippen molar-refractivity contribution in [3.8, 4) is 0 Å². The molecule has 1 aromatic carbocycles. The Morgan fingerprint density at radius 2 is 1.86 bits per heavy atom. The number of benzene rings is 1. The summed E-state index contributed by atoms with van der Waals surface area (Å²) in [7, 11) is -1.19. The second kappa shape index (κ2) is 6.45. The molecule has 1 N–H and O–H groups in total. The lowest BCUT2D eigenvalue weighted by molar-refractivity contribution is -0.121. The van der Waals surface area contributed by atoms with Crippen LogP contribution in [0.5, 0.6) is 0 Å². The van der Waals surface area contributed by atoms with Crippen molar-refractivity contribution in [3.63, 3.8) is 0 Å². The Hall–Kier alpha value is -1.93. The second-order valence-electron chi connectivity index (χ2n) is 5.12. The molecule has 0 atom stereocenters. The molecule has 0 bridgehead atoms. The van der Waals surface area contributed by atoms with Gasteiger partial charge in [-0.1, -0.05) is 0 Å². The Morgan fingerprint density at radius 1 is 1.27 bits per heavy atom. The molecule has 1 aliphatic rings. The second-order valence-corrected chi connectivity index (χ2v) is 7.16. The van der Waals surface area contributed by atoms with Crippen LogP contribution in [0, 0.1) is 0 Å². The number of nitrogens with one attached hydrogen (secondary N) is 1. The van der Waals surface area contributed by atoms with E-state index in [2.05, 4.69) is 10.1 Å². The number of sulfonamides is 1. The highest BCUT2D eigenvalue weighted by Crippen LogP contribution is 2.19. The van der Waals surface area contributed by atoms with Gasteiger partial charge in [0.05, 0.1) is 24.1 Å². The zero-order valence-electron chi connectivity index (χ0n) is 12.4. The molecule has 1 fully saturated rings. The van der Waals surface area contributed by atoms with E-state index in [1.165, 1.54) is 38.4 Å². The van der Waals surface area contributed by atoms with E-state index in [1.54, 1.807) is 0 Å². The minimum absolute atomic E-state index is 0.0156. The SMILES string of the molecule is COC(=O)c1ccc(S(=O)(=O)N(C)CC(=O)NC2CC2)cc1. The fourth-order valence-corrected chi connectivity index (χ4v) is 2.98. The summed E-state index contributed by atoms with van der Waals surface area (Å²) in [4.78, 5) is 23.0. The monoisotopic (exact) mass is 326 g/mol. The Morgan fingerprint density at radius 3 is 2.36 bits per heavy atom. The average molecular weight is 326 g/mol. The maximum atomic E-state index is 12.3. The minimum Gasteiger partial charge on any atom is -0.465 e. The van der Waals surface area contributed by atoms with Crippen molar-refractivity contribution in [2.45, 2.75) is 23.8 Å². The number of ether oxygens (including phenoxy) is 1. The van der Waals surface area contributed by atoms with E-state index in [1.807, 2.05) is 0 Å². The lowest BCUT2D eigenvalue weighted by atomic mass is 10.2. The third kappa shape index (κ3) is 3.83. The number of nitrogens with zero attached hydrogens (tertiary/aromatic N) is 1. The summed E-state index contributed by atoms with van der Waals surface area (Å²) in [5, 5.41) is 2.73. The number of carbonyl (C=O) groups is 2. The van der Waals surface area contributed by atoms with Crippen LogP contribution in [0.15, 0.2) is 29.2 Å². The number of esters is 1. The molecular formula is C14H18N2O5S. The van der Waals surface area contributed by atoms with E-state index < -0.39 is 16.0 Å². The Balaban J connectivity index is 2.07. The van der Waals surface area contributed by atoms with Gasteiger partial charge in [-0.2, -0.15) is 4.31 Å². The van der Waals surface area contributed by atoms with Gasteiger partial charge in [0.25, 0.3) is 0 Å². The molecule has 22 heavy (non-hydrogen) atoms. The summed E-state index contributed by atoms with van der Waals surface area (Å²) in [5.74, 6) is -0.860. The maximum Gasteiger partial charge on any atom is 0.337 e. The highest BCUT2D eigenvalue weighted by Gasteiger charge is 2.27. The van der Waals surface area contributed by atoms with Gasteiger partial charge in [0.2, 0.25) is 15.9 Å². The van der Waals surface area contributed by atoms with Crippen LogP contribution in [0.3, 0.4) is 0 Å². The summed E-state index contributed by atoms with van der Waals surface area (Å²) in [6.07, 6.45) is 1.88. The third-order valence-electron chi connectivity index (χ3n) is 3.29. The van der Waals surface area contributed by atoms with Gasteiger partial charge < -0.3 is 10.1 Å². The minimum atomic E-state index is -3.78. The van der Waals surface area contributed by atoms with Crippen LogP contribution in [0.25, 0.3) is 0 Å². The first kappa shape index (κ1) is 16.4. The van der Waals surface area contributed by atoms with Crippen molar-refractivity contribution in [2.75, 3.05) is 20.7 Å². The lowest BCUT2D eigenvalue weighted by Gasteiger charge is -2.17. The van der Waals surface area contributed by atoms with Crippen LogP contribution < -0.4 is 5.32 Å². The fraction of sp³-hybridized carbons (Fsp3) is 0.429. The Labute approximate surface area is 129 Å². The molecule has 120 valence electrons. The molecular weight excluding hydrogens is 308 g/mol. The van der Waals surface area contributed by atoms with Gasteiger partial charge in [0.15, 0.2) is 0 Å². The molecule has 0 heterocycles. The predicted molar refractivity (Wildman–Crippen MR) is 78.8 cm³/mol. The Bertz CT molecular complexity index is 665. The predicted octanol–water partition coefficient (Wildman–Crippen LogP) is 0.372. The van der Waals surface area contributed by atoms with Gasteiger partial charge >= 0.3 is 5.97 Å². The van der Waals surface area contributed by atoms with E-state index in [4.69, 9.17) is 0 Å². The molecule has 0 saturated heterocycles. The number of likely N-dealkylation sites (N-methyl/N-ethyl adjacent to an activating group) is 1. The van der Waals surface area contributed by atoms with Crippen molar-refractivity contribution >= 4 is 21.9 Å². The van der Waals surface area contributed by atoms with Crippen LogP contribution in [-0.4, -0.2) is 51.3 Å². The van der Waals surface area contributed by atoms with E-state index in [-0.39, 0.29) is 29.0 Å². The van der Waals surface area contributed by atoms with Crippen molar-refractivity contribution in [1.82, 2.24) is 9.62 Å². The standard InChI is InChI=1S/C14H18N2O5S/c1-16(9-13(17)15-11-5-6-11)22(19,20)12-7-3-10(4-8-12)14(18)21-2/h3-4,7-8,11H,5-6,9H2,1-2H3,(H,15,17). The van der Waals surface area contributed by atoms with Gasteiger partial charge in [-0.15, -0.1) is 0 Å². The van der Waals surface area contributed by atoms with Gasteiger partial charge in [-0.05, 0) is 37.1 Å². The van der Waals surface area contributed by atoms with Gasteiger partial charge in [0.1, 0.15) is 0 Å². The summed E-state index contributed by atoms with van der Waals surface area (Å²) in [6, 6.07) is 5.56. The van der Waals surface area contributed by atoms with E-state index in [0.717, 1.165) is 17.1 Å². The summed E-state index contributed by atoms with van der Waals surface area (Å²) >= 11 is 0. The number of hydrogen-bond donors (Lipinski definition) is 1. The molecule has 0 spiro atoms. The van der Waals surface area contributed by atoms with Crippen LogP contribution >= 0.6 is 0 Å². The number of rotatable bonds is 6. The number of carbonyl (C=O) groups excluding carboxylic acids is 2.